The standard InChI is InChI=1S/C17H17N2.ClH/c1-18-15-10-6-7-11-16(15)19(2)17(18)13-12-14-8-4-3-5-9-14;/h3-13H,1-2H3;1H/q+1;/p-1. The van der Waals surface area contributed by atoms with Crippen molar-refractivity contribution in [2.24, 2.45) is 14.1 Å². The number of hydrogen-bond donors (Lipinski definition) is 0. The summed E-state index contributed by atoms with van der Waals surface area (Å²) in [5.41, 5.74) is 3.71. The summed E-state index contributed by atoms with van der Waals surface area (Å²) in [5, 5.41) is 0. The van der Waals surface area contributed by atoms with E-state index >= 15 is 0 Å². The number of hydrogen-bond acceptors (Lipinski definition) is 0. The molecule has 0 saturated heterocycles. The van der Waals surface area contributed by atoms with Gasteiger partial charge in [-0.3, -0.25) is 0 Å². The molecule has 0 N–H and O–H groups in total. The molecule has 1 aromatic heterocycles. The molecule has 3 aromatic rings. The third-order valence-electron chi connectivity index (χ3n) is 3.52. The molecule has 0 bridgehead atoms. The predicted molar refractivity (Wildman–Crippen MR) is 79.5 cm³/mol. The summed E-state index contributed by atoms with van der Waals surface area (Å²) in [7, 11) is 4.21. The molecule has 2 nitrogen and oxygen atoms in total. The van der Waals surface area contributed by atoms with Crippen LogP contribution in [0.2, 0.25) is 0 Å². The van der Waals surface area contributed by atoms with Crippen LogP contribution in [0.15, 0.2) is 54.6 Å². The van der Waals surface area contributed by atoms with Crippen LogP contribution < -0.4 is 17.0 Å². The van der Waals surface area contributed by atoms with Gasteiger partial charge in [-0.25, -0.2) is 9.13 Å². The van der Waals surface area contributed by atoms with Crippen LogP contribution in [0.25, 0.3) is 23.2 Å². The lowest BCUT2D eigenvalue weighted by Gasteiger charge is -1.93. The summed E-state index contributed by atoms with van der Waals surface area (Å²) in [5.74, 6) is 1.19. The van der Waals surface area contributed by atoms with Crippen molar-refractivity contribution >= 4 is 23.2 Å². The number of aromatic nitrogens is 2. The van der Waals surface area contributed by atoms with Crippen LogP contribution in [0.4, 0.5) is 0 Å². The van der Waals surface area contributed by atoms with Gasteiger partial charge in [0.05, 0.1) is 14.1 Å². The van der Waals surface area contributed by atoms with E-state index in [1.54, 1.807) is 0 Å². The lowest BCUT2D eigenvalue weighted by molar-refractivity contribution is -0.647. The SMILES string of the molecule is Cn1c(C=Cc2ccccc2)[n+](C)c2ccccc21.[Cl-]. The molecule has 3 rings (SSSR count). The minimum Gasteiger partial charge on any atom is -1.00 e. The average molecular weight is 285 g/mol. The Kier molecular flexibility index (Phi) is 4.26. The van der Waals surface area contributed by atoms with E-state index in [2.05, 4.69) is 83.9 Å². The van der Waals surface area contributed by atoms with E-state index in [4.69, 9.17) is 0 Å². The van der Waals surface area contributed by atoms with Gasteiger partial charge in [0.2, 0.25) is 0 Å². The molecule has 0 atom stereocenters. The second-order valence-corrected chi connectivity index (χ2v) is 4.71. The van der Waals surface area contributed by atoms with Gasteiger partial charge in [0.25, 0.3) is 5.82 Å². The lowest BCUT2D eigenvalue weighted by Crippen LogP contribution is -3.00. The zero-order valence-corrected chi connectivity index (χ0v) is 12.4. The van der Waals surface area contributed by atoms with Crippen molar-refractivity contribution < 1.29 is 17.0 Å². The molecule has 3 heteroatoms. The summed E-state index contributed by atoms with van der Waals surface area (Å²) >= 11 is 0. The quantitative estimate of drug-likeness (QED) is 0.594. The van der Waals surface area contributed by atoms with Crippen LogP contribution in [0.3, 0.4) is 0 Å². The Balaban J connectivity index is 0.00000147. The van der Waals surface area contributed by atoms with Crippen molar-refractivity contribution in [2.45, 2.75) is 0 Å². The molecular weight excluding hydrogens is 268 g/mol. The van der Waals surface area contributed by atoms with Crippen LogP contribution in [0.1, 0.15) is 11.4 Å². The number of imidazole rings is 1. The van der Waals surface area contributed by atoms with Crippen molar-refractivity contribution in [3.05, 3.63) is 66.0 Å². The Labute approximate surface area is 125 Å². The smallest absolute Gasteiger partial charge is 0.281 e. The first kappa shape index (κ1) is 14.4. The van der Waals surface area contributed by atoms with Gasteiger partial charge in [0, 0.05) is 6.08 Å². The molecule has 0 aliphatic carbocycles. The molecule has 0 aliphatic rings. The van der Waals surface area contributed by atoms with Crippen molar-refractivity contribution in [3.63, 3.8) is 0 Å². The third kappa shape index (κ3) is 2.47. The van der Waals surface area contributed by atoms with Crippen LogP contribution in [-0.2, 0) is 14.1 Å². The molecule has 0 aliphatic heterocycles. The minimum atomic E-state index is 0. The van der Waals surface area contributed by atoms with Gasteiger partial charge in [-0.05, 0) is 23.8 Å². The number of nitrogens with zero attached hydrogens (tertiary/aromatic N) is 2. The summed E-state index contributed by atoms with van der Waals surface area (Å²) in [6, 6.07) is 18.8. The monoisotopic (exact) mass is 284 g/mol. The highest BCUT2D eigenvalue weighted by atomic mass is 35.5. The van der Waals surface area contributed by atoms with E-state index in [-0.39, 0.29) is 12.4 Å². The van der Waals surface area contributed by atoms with Crippen LogP contribution in [0.5, 0.6) is 0 Å². The van der Waals surface area contributed by atoms with Gasteiger partial charge in [-0.2, -0.15) is 0 Å². The minimum absolute atomic E-state index is 0. The molecule has 0 radical (unpaired) electrons. The summed E-state index contributed by atoms with van der Waals surface area (Å²) < 4.78 is 4.43. The van der Waals surface area contributed by atoms with Gasteiger partial charge in [-0.15, -0.1) is 0 Å². The van der Waals surface area contributed by atoms with Crippen molar-refractivity contribution in [1.82, 2.24) is 4.57 Å². The Morgan fingerprint density at radius 3 is 2.25 bits per heavy atom. The number of rotatable bonds is 2. The molecular formula is C17H17ClN2. The van der Waals surface area contributed by atoms with Gasteiger partial charge < -0.3 is 12.4 Å². The first-order valence-corrected chi connectivity index (χ1v) is 6.44. The van der Waals surface area contributed by atoms with E-state index in [9.17, 15) is 0 Å². The maximum absolute atomic E-state index is 2.22. The fraction of sp³-hybridized carbons (Fsp3) is 0.118. The number of fused-ring (bicyclic) bond motifs is 1. The first-order chi connectivity index (χ1) is 9.27. The maximum Gasteiger partial charge on any atom is 0.281 e. The number of aryl methyl sites for hydroxylation is 2. The molecule has 1 heterocycles. The van der Waals surface area contributed by atoms with E-state index in [0.717, 1.165) is 0 Å². The van der Waals surface area contributed by atoms with Crippen molar-refractivity contribution in [2.75, 3.05) is 0 Å². The van der Waals surface area contributed by atoms with Crippen LogP contribution >= 0.6 is 0 Å². The van der Waals surface area contributed by atoms with E-state index in [1.807, 2.05) is 6.07 Å². The van der Waals surface area contributed by atoms with Crippen molar-refractivity contribution in [3.8, 4) is 0 Å². The molecule has 0 saturated carbocycles. The zero-order valence-electron chi connectivity index (χ0n) is 11.6. The predicted octanol–water partition coefficient (Wildman–Crippen LogP) is 0.177. The number of halogens is 1. The van der Waals surface area contributed by atoms with E-state index in [1.165, 1.54) is 22.4 Å². The molecule has 20 heavy (non-hydrogen) atoms. The highest BCUT2D eigenvalue weighted by Crippen LogP contribution is 2.14. The van der Waals surface area contributed by atoms with Gasteiger partial charge >= 0.3 is 0 Å². The number of para-hydroxylation sites is 2. The lowest BCUT2D eigenvalue weighted by atomic mass is 10.2. The average Bonchev–Trinajstić information content (AvgIpc) is 2.71. The highest BCUT2D eigenvalue weighted by molar-refractivity contribution is 5.75. The fourth-order valence-electron chi connectivity index (χ4n) is 2.46. The molecule has 0 spiro atoms. The molecule has 102 valence electrons. The summed E-state index contributed by atoms with van der Waals surface area (Å²) in [6.07, 6.45) is 4.31. The highest BCUT2D eigenvalue weighted by Gasteiger charge is 2.16. The second kappa shape index (κ2) is 5.93. The summed E-state index contributed by atoms with van der Waals surface area (Å²) in [4.78, 5) is 0. The van der Waals surface area contributed by atoms with Crippen LogP contribution in [-0.4, -0.2) is 4.57 Å². The fourth-order valence-corrected chi connectivity index (χ4v) is 2.46. The first-order valence-electron chi connectivity index (χ1n) is 6.44. The molecule has 0 unspecified atom stereocenters. The number of benzene rings is 2. The van der Waals surface area contributed by atoms with E-state index < -0.39 is 0 Å². The van der Waals surface area contributed by atoms with Gasteiger partial charge in [0.15, 0.2) is 11.0 Å². The van der Waals surface area contributed by atoms with Crippen LogP contribution in [0, 0.1) is 0 Å². The normalized spacial score (nSPS) is 10.9. The topological polar surface area (TPSA) is 8.81 Å². The third-order valence-corrected chi connectivity index (χ3v) is 3.52. The second-order valence-electron chi connectivity index (χ2n) is 4.71. The Hall–Kier alpha value is -2.06. The van der Waals surface area contributed by atoms with Gasteiger partial charge in [0.1, 0.15) is 0 Å². The molecule has 0 amide bonds. The van der Waals surface area contributed by atoms with Gasteiger partial charge in [-0.1, -0.05) is 42.5 Å². The molecule has 0 fully saturated rings. The maximum atomic E-state index is 2.22. The molecule has 2 aromatic carbocycles. The Morgan fingerprint density at radius 1 is 0.900 bits per heavy atom. The Bertz CT molecular complexity index is 703. The summed E-state index contributed by atoms with van der Waals surface area (Å²) in [6.45, 7) is 0. The van der Waals surface area contributed by atoms with E-state index in [0.29, 0.717) is 0 Å². The largest absolute Gasteiger partial charge is 1.00 e. The van der Waals surface area contributed by atoms with Crippen molar-refractivity contribution in [1.29, 1.82) is 0 Å². The zero-order chi connectivity index (χ0) is 13.2. The Morgan fingerprint density at radius 2 is 1.55 bits per heavy atom.